The third-order valence-corrected chi connectivity index (χ3v) is 3.01. The number of hydrogen-bond donors (Lipinski definition) is 1. The summed E-state index contributed by atoms with van der Waals surface area (Å²) in [6.07, 6.45) is 1.11. The molecule has 0 saturated heterocycles. The Labute approximate surface area is 133 Å². The molecule has 2 rings (SSSR count). The van der Waals surface area contributed by atoms with E-state index < -0.39 is 34.8 Å². The summed E-state index contributed by atoms with van der Waals surface area (Å²) in [7, 11) is 2.85. The van der Waals surface area contributed by atoms with Crippen molar-refractivity contribution in [1.82, 2.24) is 0 Å². The smallest absolute Gasteiger partial charge is 0.200 e. The molecule has 0 atom stereocenters. The first-order valence-electron chi connectivity index (χ1n) is 6.43. The second kappa shape index (κ2) is 7.16. The Bertz CT molecular complexity index is 767. The van der Waals surface area contributed by atoms with Crippen LogP contribution in [0, 0.1) is 29.1 Å². The van der Waals surface area contributed by atoms with E-state index in [0.29, 0.717) is 17.1 Å². The van der Waals surface area contributed by atoms with Crippen LogP contribution in [0.4, 0.5) is 27.6 Å². The first kappa shape index (κ1) is 17.5. The summed E-state index contributed by atoms with van der Waals surface area (Å²) in [6.45, 7) is 0. The molecule has 0 aromatic heterocycles. The van der Waals surface area contributed by atoms with Crippen molar-refractivity contribution in [1.29, 1.82) is 0 Å². The van der Waals surface area contributed by atoms with Gasteiger partial charge in [0.05, 0.1) is 20.4 Å². The summed E-state index contributed by atoms with van der Waals surface area (Å²) >= 11 is 0. The van der Waals surface area contributed by atoms with E-state index in [0.717, 1.165) is 6.21 Å². The molecule has 0 amide bonds. The maximum Gasteiger partial charge on any atom is 0.200 e. The van der Waals surface area contributed by atoms with Crippen molar-refractivity contribution < 1.29 is 31.4 Å². The second-order valence-electron chi connectivity index (χ2n) is 4.43. The van der Waals surface area contributed by atoms with Gasteiger partial charge in [-0.2, -0.15) is 5.10 Å². The van der Waals surface area contributed by atoms with Crippen LogP contribution in [-0.4, -0.2) is 20.4 Å². The second-order valence-corrected chi connectivity index (χ2v) is 4.43. The zero-order valence-electron chi connectivity index (χ0n) is 12.5. The van der Waals surface area contributed by atoms with Gasteiger partial charge in [0.25, 0.3) is 0 Å². The number of hydrogen-bond acceptors (Lipinski definition) is 4. The number of methoxy groups -OCH3 is 2. The van der Waals surface area contributed by atoms with Gasteiger partial charge < -0.3 is 9.47 Å². The van der Waals surface area contributed by atoms with E-state index in [4.69, 9.17) is 9.47 Å². The minimum absolute atomic E-state index is 0.373. The summed E-state index contributed by atoms with van der Waals surface area (Å²) in [5, 5.41) is 3.47. The molecule has 4 nitrogen and oxygen atoms in total. The summed E-state index contributed by atoms with van der Waals surface area (Å²) in [5.41, 5.74) is 0.993. The van der Waals surface area contributed by atoms with E-state index in [1.54, 1.807) is 17.6 Å². The predicted octanol–water partition coefficient (Wildman–Crippen LogP) is 3.85. The van der Waals surface area contributed by atoms with Gasteiger partial charge in [-0.1, -0.05) is 0 Å². The lowest BCUT2D eigenvalue weighted by Crippen LogP contribution is -2.06. The highest BCUT2D eigenvalue weighted by Crippen LogP contribution is 2.28. The lowest BCUT2D eigenvalue weighted by Gasteiger charge is -2.08. The Hall–Kier alpha value is -2.84. The number of benzene rings is 2. The molecule has 0 fully saturated rings. The van der Waals surface area contributed by atoms with Gasteiger partial charge in [-0.15, -0.1) is 0 Å². The molecule has 0 bridgehead atoms. The fourth-order valence-electron chi connectivity index (χ4n) is 1.81. The van der Waals surface area contributed by atoms with Crippen LogP contribution < -0.4 is 14.9 Å². The average Bonchev–Trinajstić information content (AvgIpc) is 2.60. The molecular weight excluding hydrogens is 335 g/mol. The number of ether oxygens (including phenoxy) is 2. The number of rotatable bonds is 5. The molecular formula is C15H11F5N2O2. The van der Waals surface area contributed by atoms with Crippen molar-refractivity contribution in [3.63, 3.8) is 0 Å². The van der Waals surface area contributed by atoms with Gasteiger partial charge >= 0.3 is 0 Å². The van der Waals surface area contributed by atoms with Gasteiger partial charge in [0.1, 0.15) is 5.69 Å². The van der Waals surface area contributed by atoms with Crippen LogP contribution in [0.3, 0.4) is 0 Å². The molecule has 24 heavy (non-hydrogen) atoms. The quantitative estimate of drug-likeness (QED) is 0.294. The van der Waals surface area contributed by atoms with Crippen LogP contribution in [-0.2, 0) is 0 Å². The highest BCUT2D eigenvalue weighted by atomic mass is 19.2. The minimum Gasteiger partial charge on any atom is -0.493 e. The van der Waals surface area contributed by atoms with Crippen molar-refractivity contribution in [2.24, 2.45) is 5.10 Å². The zero-order valence-corrected chi connectivity index (χ0v) is 12.5. The Morgan fingerprint density at radius 3 is 1.92 bits per heavy atom. The van der Waals surface area contributed by atoms with Crippen molar-refractivity contribution in [2.75, 3.05) is 19.6 Å². The Kier molecular flexibility index (Phi) is 5.22. The molecule has 0 saturated carbocycles. The Balaban J connectivity index is 2.27. The van der Waals surface area contributed by atoms with Crippen LogP contribution in [0.2, 0.25) is 0 Å². The van der Waals surface area contributed by atoms with E-state index in [9.17, 15) is 22.0 Å². The first-order chi connectivity index (χ1) is 11.4. The molecule has 0 spiro atoms. The van der Waals surface area contributed by atoms with Crippen LogP contribution >= 0.6 is 0 Å². The number of hydrazone groups is 1. The van der Waals surface area contributed by atoms with Crippen molar-refractivity contribution in [3.05, 3.63) is 52.8 Å². The van der Waals surface area contributed by atoms with E-state index in [-0.39, 0.29) is 0 Å². The summed E-state index contributed by atoms with van der Waals surface area (Å²) in [6, 6.07) is 4.60. The summed E-state index contributed by atoms with van der Waals surface area (Å²) in [5.74, 6) is -9.54. The molecule has 2 aromatic carbocycles. The van der Waals surface area contributed by atoms with Crippen LogP contribution in [0.5, 0.6) is 11.5 Å². The third kappa shape index (κ3) is 3.24. The molecule has 0 heterocycles. The third-order valence-electron chi connectivity index (χ3n) is 3.01. The van der Waals surface area contributed by atoms with Crippen LogP contribution in [0.25, 0.3) is 0 Å². The lowest BCUT2D eigenvalue weighted by atomic mass is 10.2. The van der Waals surface area contributed by atoms with Gasteiger partial charge in [0.2, 0.25) is 5.82 Å². The Morgan fingerprint density at radius 2 is 1.38 bits per heavy atom. The normalized spacial score (nSPS) is 11.0. The molecule has 0 aliphatic heterocycles. The molecule has 128 valence electrons. The maximum absolute atomic E-state index is 13.5. The number of halogens is 5. The van der Waals surface area contributed by atoms with Crippen LogP contribution in [0.15, 0.2) is 23.3 Å². The van der Waals surface area contributed by atoms with Crippen molar-refractivity contribution >= 4 is 11.9 Å². The van der Waals surface area contributed by atoms with Gasteiger partial charge in [-0.05, 0) is 23.8 Å². The van der Waals surface area contributed by atoms with Crippen molar-refractivity contribution in [3.8, 4) is 11.5 Å². The van der Waals surface area contributed by atoms with Gasteiger partial charge in [-0.3, -0.25) is 5.43 Å². The fraction of sp³-hybridized carbons (Fsp3) is 0.133. The SMILES string of the molecule is COc1ccc(/C=N/Nc2c(F)c(F)c(F)c(F)c2F)cc1OC. The summed E-state index contributed by atoms with van der Waals surface area (Å²) in [4.78, 5) is 0. The Morgan fingerprint density at radius 1 is 0.833 bits per heavy atom. The van der Waals surface area contributed by atoms with E-state index in [1.165, 1.54) is 20.3 Å². The summed E-state index contributed by atoms with van der Waals surface area (Å²) < 4.78 is 76.0. The predicted molar refractivity (Wildman–Crippen MR) is 77.0 cm³/mol. The topological polar surface area (TPSA) is 42.8 Å². The van der Waals surface area contributed by atoms with Crippen molar-refractivity contribution in [2.45, 2.75) is 0 Å². The molecule has 0 radical (unpaired) electrons. The first-order valence-corrected chi connectivity index (χ1v) is 6.43. The number of anilines is 1. The maximum atomic E-state index is 13.5. The van der Waals surface area contributed by atoms with Gasteiger partial charge in [-0.25, -0.2) is 22.0 Å². The molecule has 9 heteroatoms. The van der Waals surface area contributed by atoms with Crippen LogP contribution in [0.1, 0.15) is 5.56 Å². The number of nitrogens with zero attached hydrogens (tertiary/aromatic N) is 1. The van der Waals surface area contributed by atoms with Gasteiger partial charge in [0.15, 0.2) is 34.8 Å². The molecule has 2 aromatic rings. The monoisotopic (exact) mass is 346 g/mol. The lowest BCUT2D eigenvalue weighted by molar-refractivity contribution is 0.355. The molecule has 1 N–H and O–H groups in total. The highest BCUT2D eigenvalue weighted by Gasteiger charge is 2.25. The van der Waals surface area contributed by atoms with E-state index in [2.05, 4.69) is 5.10 Å². The molecule has 0 aliphatic carbocycles. The fourth-order valence-corrected chi connectivity index (χ4v) is 1.81. The number of nitrogens with one attached hydrogen (secondary N) is 1. The van der Waals surface area contributed by atoms with E-state index >= 15 is 0 Å². The van der Waals surface area contributed by atoms with E-state index in [1.807, 2.05) is 0 Å². The highest BCUT2D eigenvalue weighted by molar-refractivity contribution is 5.81. The molecule has 0 aliphatic rings. The minimum atomic E-state index is -2.24. The average molecular weight is 346 g/mol. The largest absolute Gasteiger partial charge is 0.493 e. The standard InChI is InChI=1S/C15H11F5N2O2/c1-23-8-4-3-7(5-9(8)24-2)6-21-22-15-13(19)11(17)10(16)12(18)14(15)20/h3-6,22H,1-2H3/b21-6+. The zero-order chi connectivity index (χ0) is 17.9. The molecule has 0 unspecified atom stereocenters. The van der Waals surface area contributed by atoms with Gasteiger partial charge in [0, 0.05) is 0 Å².